The maximum Gasteiger partial charge on any atom is 0.0328 e. The normalized spacial score (nSPS) is 14.9. The van der Waals surface area contributed by atoms with Crippen LogP contribution in [-0.4, -0.2) is 31.1 Å². The van der Waals surface area contributed by atoms with Crippen LogP contribution in [0.2, 0.25) is 0 Å². The standard InChI is InChI=1S/C15H28N2S/c1-5-15(4,12-16-6-2)13-17(7-3)11-14-9-8-10-18-14/h8-10,16H,5-7,11-13H2,1-4H3. The van der Waals surface area contributed by atoms with Crippen molar-refractivity contribution in [1.82, 2.24) is 10.2 Å². The van der Waals surface area contributed by atoms with Crippen molar-refractivity contribution >= 4 is 11.3 Å². The van der Waals surface area contributed by atoms with Crippen molar-refractivity contribution < 1.29 is 0 Å². The van der Waals surface area contributed by atoms with Gasteiger partial charge in [-0.05, 0) is 36.4 Å². The topological polar surface area (TPSA) is 15.3 Å². The van der Waals surface area contributed by atoms with Gasteiger partial charge in [-0.1, -0.05) is 33.8 Å². The van der Waals surface area contributed by atoms with Crippen LogP contribution in [0.25, 0.3) is 0 Å². The first kappa shape index (κ1) is 15.7. The molecule has 2 nitrogen and oxygen atoms in total. The quantitative estimate of drug-likeness (QED) is 0.736. The number of hydrogen-bond donors (Lipinski definition) is 1. The number of nitrogens with zero attached hydrogens (tertiary/aromatic N) is 1. The van der Waals surface area contributed by atoms with Gasteiger partial charge in [0.05, 0.1) is 0 Å². The fourth-order valence-corrected chi connectivity index (χ4v) is 2.91. The molecule has 0 aliphatic rings. The second-order valence-electron chi connectivity index (χ2n) is 5.33. The molecule has 1 rings (SSSR count). The summed E-state index contributed by atoms with van der Waals surface area (Å²) >= 11 is 1.86. The Bertz CT molecular complexity index is 310. The molecule has 1 aromatic heterocycles. The summed E-state index contributed by atoms with van der Waals surface area (Å²) in [4.78, 5) is 4.03. The molecule has 0 aromatic carbocycles. The van der Waals surface area contributed by atoms with E-state index in [4.69, 9.17) is 0 Å². The molecule has 1 N–H and O–H groups in total. The maximum absolute atomic E-state index is 3.50. The summed E-state index contributed by atoms with van der Waals surface area (Å²) in [7, 11) is 0. The van der Waals surface area contributed by atoms with Gasteiger partial charge in [0.15, 0.2) is 0 Å². The second-order valence-corrected chi connectivity index (χ2v) is 6.36. The van der Waals surface area contributed by atoms with Crippen molar-refractivity contribution in [2.45, 2.75) is 40.7 Å². The summed E-state index contributed by atoms with van der Waals surface area (Å²) in [5, 5.41) is 5.67. The lowest BCUT2D eigenvalue weighted by Gasteiger charge is -2.34. The molecular formula is C15H28N2S. The van der Waals surface area contributed by atoms with E-state index >= 15 is 0 Å². The van der Waals surface area contributed by atoms with E-state index in [9.17, 15) is 0 Å². The largest absolute Gasteiger partial charge is 0.316 e. The zero-order valence-electron chi connectivity index (χ0n) is 12.3. The predicted molar refractivity (Wildman–Crippen MR) is 82.2 cm³/mol. The van der Waals surface area contributed by atoms with E-state index in [0.29, 0.717) is 5.41 Å². The zero-order chi connectivity index (χ0) is 13.4. The summed E-state index contributed by atoms with van der Waals surface area (Å²) in [6, 6.07) is 4.38. The van der Waals surface area contributed by atoms with Crippen LogP contribution in [0.3, 0.4) is 0 Å². The third kappa shape index (κ3) is 5.09. The van der Waals surface area contributed by atoms with Crippen LogP contribution in [0.1, 0.15) is 39.0 Å². The highest BCUT2D eigenvalue weighted by Crippen LogP contribution is 2.23. The molecule has 1 heterocycles. The summed E-state index contributed by atoms with van der Waals surface area (Å²) < 4.78 is 0. The van der Waals surface area contributed by atoms with Crippen LogP contribution in [0.15, 0.2) is 17.5 Å². The summed E-state index contributed by atoms with van der Waals surface area (Å²) in [6.07, 6.45) is 1.22. The molecule has 0 saturated heterocycles. The van der Waals surface area contributed by atoms with Crippen molar-refractivity contribution in [2.75, 3.05) is 26.2 Å². The second kappa shape index (κ2) is 7.93. The molecule has 104 valence electrons. The van der Waals surface area contributed by atoms with Crippen LogP contribution in [0.4, 0.5) is 0 Å². The molecule has 0 spiro atoms. The van der Waals surface area contributed by atoms with E-state index in [0.717, 1.165) is 26.2 Å². The van der Waals surface area contributed by atoms with Gasteiger partial charge < -0.3 is 5.32 Å². The van der Waals surface area contributed by atoms with Crippen LogP contribution in [-0.2, 0) is 6.54 Å². The number of nitrogens with one attached hydrogen (secondary N) is 1. The maximum atomic E-state index is 3.50. The van der Waals surface area contributed by atoms with E-state index in [-0.39, 0.29) is 0 Å². The Hall–Kier alpha value is -0.380. The lowest BCUT2D eigenvalue weighted by molar-refractivity contribution is 0.156. The van der Waals surface area contributed by atoms with Crippen LogP contribution in [0, 0.1) is 5.41 Å². The van der Waals surface area contributed by atoms with Gasteiger partial charge in [0.2, 0.25) is 0 Å². The van der Waals surface area contributed by atoms with Gasteiger partial charge in [0.25, 0.3) is 0 Å². The highest BCUT2D eigenvalue weighted by atomic mass is 32.1. The molecule has 3 heteroatoms. The Morgan fingerprint density at radius 3 is 2.61 bits per heavy atom. The van der Waals surface area contributed by atoms with E-state index in [1.807, 2.05) is 11.3 Å². The van der Waals surface area contributed by atoms with Crippen LogP contribution in [0.5, 0.6) is 0 Å². The van der Waals surface area contributed by atoms with Gasteiger partial charge in [-0.2, -0.15) is 0 Å². The van der Waals surface area contributed by atoms with Crippen LogP contribution < -0.4 is 5.32 Å². The Morgan fingerprint density at radius 1 is 1.33 bits per heavy atom. The van der Waals surface area contributed by atoms with Gasteiger partial charge in [-0.3, -0.25) is 4.90 Å². The summed E-state index contributed by atoms with van der Waals surface area (Å²) in [5.74, 6) is 0. The minimum absolute atomic E-state index is 0.378. The van der Waals surface area contributed by atoms with Gasteiger partial charge in [-0.25, -0.2) is 0 Å². The smallest absolute Gasteiger partial charge is 0.0328 e. The Morgan fingerprint density at radius 2 is 2.11 bits per heavy atom. The van der Waals surface area contributed by atoms with E-state index in [2.05, 4.69) is 55.4 Å². The Kier molecular flexibility index (Phi) is 6.90. The summed E-state index contributed by atoms with van der Waals surface area (Å²) in [6.45, 7) is 14.7. The summed E-state index contributed by atoms with van der Waals surface area (Å²) in [5.41, 5.74) is 0.378. The zero-order valence-corrected chi connectivity index (χ0v) is 13.1. The Labute approximate surface area is 116 Å². The lowest BCUT2D eigenvalue weighted by Crippen LogP contribution is -2.41. The molecule has 1 unspecified atom stereocenters. The first-order valence-electron chi connectivity index (χ1n) is 7.09. The third-order valence-corrected chi connectivity index (χ3v) is 4.53. The lowest BCUT2D eigenvalue weighted by atomic mass is 9.86. The molecule has 1 atom stereocenters. The number of hydrogen-bond acceptors (Lipinski definition) is 3. The van der Waals surface area contributed by atoms with Crippen molar-refractivity contribution in [1.29, 1.82) is 0 Å². The number of thiophene rings is 1. The molecule has 0 amide bonds. The average Bonchev–Trinajstić information content (AvgIpc) is 2.88. The molecular weight excluding hydrogens is 240 g/mol. The van der Waals surface area contributed by atoms with Crippen molar-refractivity contribution in [2.24, 2.45) is 5.41 Å². The van der Waals surface area contributed by atoms with Gasteiger partial charge in [-0.15, -0.1) is 11.3 Å². The average molecular weight is 268 g/mol. The van der Waals surface area contributed by atoms with Crippen molar-refractivity contribution in [3.05, 3.63) is 22.4 Å². The Balaban J connectivity index is 2.54. The molecule has 0 fully saturated rings. The molecule has 0 aliphatic heterocycles. The number of rotatable bonds is 9. The molecule has 1 aromatic rings. The fourth-order valence-electron chi connectivity index (χ4n) is 2.16. The van der Waals surface area contributed by atoms with E-state index in [1.165, 1.54) is 17.8 Å². The van der Waals surface area contributed by atoms with Crippen LogP contribution >= 0.6 is 11.3 Å². The monoisotopic (exact) mass is 268 g/mol. The SMILES string of the molecule is CCNCC(C)(CC)CN(CC)Cc1cccs1. The molecule has 0 aliphatic carbocycles. The highest BCUT2D eigenvalue weighted by Gasteiger charge is 2.24. The van der Waals surface area contributed by atoms with E-state index in [1.54, 1.807) is 0 Å². The first-order chi connectivity index (χ1) is 8.63. The van der Waals surface area contributed by atoms with Gasteiger partial charge in [0, 0.05) is 24.5 Å². The minimum atomic E-state index is 0.378. The van der Waals surface area contributed by atoms with Crippen molar-refractivity contribution in [3.8, 4) is 0 Å². The van der Waals surface area contributed by atoms with Gasteiger partial charge in [0.1, 0.15) is 0 Å². The van der Waals surface area contributed by atoms with Crippen molar-refractivity contribution in [3.63, 3.8) is 0 Å². The molecule has 18 heavy (non-hydrogen) atoms. The third-order valence-electron chi connectivity index (χ3n) is 3.67. The highest BCUT2D eigenvalue weighted by molar-refractivity contribution is 7.09. The molecule has 0 bridgehead atoms. The predicted octanol–water partition coefficient (Wildman–Crippen LogP) is 3.60. The van der Waals surface area contributed by atoms with E-state index < -0.39 is 0 Å². The fraction of sp³-hybridized carbons (Fsp3) is 0.733. The molecule has 0 radical (unpaired) electrons. The van der Waals surface area contributed by atoms with Gasteiger partial charge >= 0.3 is 0 Å². The minimum Gasteiger partial charge on any atom is -0.316 e. The first-order valence-corrected chi connectivity index (χ1v) is 7.97. The molecule has 0 saturated carbocycles.